The zero-order valence-corrected chi connectivity index (χ0v) is 11.1. The maximum Gasteiger partial charge on any atom is 0.347 e. The molecular formula is C12H18N2O2S. The molecule has 1 fully saturated rings. The van der Waals surface area contributed by atoms with Crippen LogP contribution < -0.4 is 4.90 Å². The Kier molecular flexibility index (Phi) is 3.66. The highest BCUT2D eigenvalue weighted by molar-refractivity contribution is 7.17. The van der Waals surface area contributed by atoms with Gasteiger partial charge >= 0.3 is 5.97 Å². The van der Waals surface area contributed by atoms with Crippen LogP contribution in [0, 0.1) is 6.92 Å². The van der Waals surface area contributed by atoms with Gasteiger partial charge in [-0.1, -0.05) is 30.6 Å². The van der Waals surface area contributed by atoms with E-state index in [4.69, 9.17) is 5.11 Å². The fourth-order valence-electron chi connectivity index (χ4n) is 2.36. The maximum atomic E-state index is 11.0. The Bertz CT molecular complexity index is 411. The van der Waals surface area contributed by atoms with Crippen LogP contribution in [0.15, 0.2) is 0 Å². The minimum Gasteiger partial charge on any atom is -0.477 e. The highest BCUT2D eigenvalue weighted by atomic mass is 32.1. The predicted octanol–water partition coefficient (Wildman–Crippen LogP) is 2.92. The van der Waals surface area contributed by atoms with Crippen molar-refractivity contribution in [2.24, 2.45) is 0 Å². The zero-order chi connectivity index (χ0) is 12.4. The summed E-state index contributed by atoms with van der Waals surface area (Å²) in [7, 11) is 2.03. The van der Waals surface area contributed by atoms with Crippen molar-refractivity contribution in [3.8, 4) is 0 Å². The van der Waals surface area contributed by atoms with Gasteiger partial charge in [-0.2, -0.15) is 0 Å². The lowest BCUT2D eigenvalue weighted by atomic mass is 9.95. The van der Waals surface area contributed by atoms with Crippen LogP contribution in [0.3, 0.4) is 0 Å². The van der Waals surface area contributed by atoms with Crippen LogP contribution in [-0.2, 0) is 0 Å². The molecule has 94 valence electrons. The molecule has 1 aromatic heterocycles. The summed E-state index contributed by atoms with van der Waals surface area (Å²) < 4.78 is 0. The number of nitrogens with zero attached hydrogens (tertiary/aromatic N) is 2. The Morgan fingerprint density at radius 1 is 1.41 bits per heavy atom. The Morgan fingerprint density at radius 3 is 2.59 bits per heavy atom. The largest absolute Gasteiger partial charge is 0.477 e. The second-order valence-corrected chi connectivity index (χ2v) is 5.60. The first-order chi connectivity index (χ1) is 8.09. The summed E-state index contributed by atoms with van der Waals surface area (Å²) in [5.74, 6) is -0.872. The first-order valence-corrected chi connectivity index (χ1v) is 6.85. The quantitative estimate of drug-likeness (QED) is 0.901. The number of aromatic carboxylic acids is 1. The van der Waals surface area contributed by atoms with E-state index in [0.29, 0.717) is 16.6 Å². The first-order valence-electron chi connectivity index (χ1n) is 6.03. The van der Waals surface area contributed by atoms with Crippen molar-refractivity contribution in [1.82, 2.24) is 4.98 Å². The highest BCUT2D eigenvalue weighted by Crippen LogP contribution is 2.30. The molecule has 0 aliphatic heterocycles. The lowest BCUT2D eigenvalue weighted by Crippen LogP contribution is -2.33. The number of rotatable bonds is 3. The molecule has 0 amide bonds. The van der Waals surface area contributed by atoms with Crippen molar-refractivity contribution in [2.75, 3.05) is 11.9 Å². The van der Waals surface area contributed by atoms with Crippen molar-refractivity contribution in [3.05, 3.63) is 10.6 Å². The number of carbonyl (C=O) groups is 1. The Balaban J connectivity index is 2.15. The minimum atomic E-state index is -0.872. The number of carboxylic acid groups (broad SMARTS) is 1. The van der Waals surface area contributed by atoms with Gasteiger partial charge < -0.3 is 10.0 Å². The molecule has 0 aromatic carbocycles. The number of thiazole rings is 1. The Morgan fingerprint density at radius 2 is 2.06 bits per heavy atom. The topological polar surface area (TPSA) is 53.4 Å². The van der Waals surface area contributed by atoms with E-state index in [-0.39, 0.29) is 0 Å². The second-order valence-electron chi connectivity index (χ2n) is 4.62. The van der Waals surface area contributed by atoms with Crippen LogP contribution in [0.1, 0.15) is 47.5 Å². The molecule has 1 heterocycles. The standard InChI is InChI=1S/C12H18N2O2S/c1-8-10(11(15)16)17-12(13-8)14(2)9-6-4-3-5-7-9/h9H,3-7H2,1-2H3,(H,15,16). The summed E-state index contributed by atoms with van der Waals surface area (Å²) in [6.07, 6.45) is 6.24. The fourth-order valence-corrected chi connectivity index (χ4v) is 3.29. The van der Waals surface area contributed by atoms with Gasteiger partial charge in [0, 0.05) is 13.1 Å². The number of aromatic nitrogens is 1. The molecule has 1 N–H and O–H groups in total. The molecular weight excluding hydrogens is 236 g/mol. The van der Waals surface area contributed by atoms with E-state index in [0.717, 1.165) is 5.13 Å². The van der Waals surface area contributed by atoms with E-state index in [1.807, 2.05) is 7.05 Å². The van der Waals surface area contributed by atoms with Crippen LogP contribution in [0.2, 0.25) is 0 Å². The normalized spacial score (nSPS) is 17.1. The van der Waals surface area contributed by atoms with Crippen molar-refractivity contribution in [1.29, 1.82) is 0 Å². The van der Waals surface area contributed by atoms with Gasteiger partial charge in [0.1, 0.15) is 4.88 Å². The number of hydrogen-bond acceptors (Lipinski definition) is 4. The van der Waals surface area contributed by atoms with Crippen molar-refractivity contribution >= 4 is 22.4 Å². The lowest BCUT2D eigenvalue weighted by Gasteiger charge is -2.30. The molecule has 2 rings (SSSR count). The summed E-state index contributed by atoms with van der Waals surface area (Å²) in [6.45, 7) is 1.76. The van der Waals surface area contributed by atoms with E-state index >= 15 is 0 Å². The second kappa shape index (κ2) is 5.04. The van der Waals surface area contributed by atoms with Gasteiger partial charge in [-0.25, -0.2) is 9.78 Å². The number of anilines is 1. The summed E-state index contributed by atoms with van der Waals surface area (Å²) in [5, 5.41) is 9.86. The molecule has 0 bridgehead atoms. The molecule has 1 saturated carbocycles. The maximum absolute atomic E-state index is 11.0. The molecule has 0 saturated heterocycles. The number of carboxylic acids is 1. The van der Waals surface area contributed by atoms with E-state index in [2.05, 4.69) is 9.88 Å². The molecule has 4 nitrogen and oxygen atoms in total. The summed E-state index contributed by atoms with van der Waals surface area (Å²) in [5.41, 5.74) is 0.625. The summed E-state index contributed by atoms with van der Waals surface area (Å²) in [4.78, 5) is 17.9. The SMILES string of the molecule is Cc1nc(N(C)C2CCCCC2)sc1C(=O)O. The average Bonchev–Trinajstić information content (AvgIpc) is 2.71. The van der Waals surface area contributed by atoms with Gasteiger partial charge in [0.05, 0.1) is 5.69 Å². The monoisotopic (exact) mass is 254 g/mol. The number of hydrogen-bond donors (Lipinski definition) is 1. The minimum absolute atomic E-state index is 0.364. The Hall–Kier alpha value is -1.10. The molecule has 1 aliphatic rings. The van der Waals surface area contributed by atoms with Gasteiger partial charge in [-0.3, -0.25) is 0 Å². The molecule has 0 radical (unpaired) electrons. The van der Waals surface area contributed by atoms with Crippen LogP contribution >= 0.6 is 11.3 Å². The Labute approximate surface area is 105 Å². The van der Waals surface area contributed by atoms with Crippen molar-refractivity contribution < 1.29 is 9.90 Å². The molecule has 0 atom stereocenters. The van der Waals surface area contributed by atoms with Crippen LogP contribution in [0.5, 0.6) is 0 Å². The number of aryl methyl sites for hydroxylation is 1. The predicted molar refractivity (Wildman–Crippen MR) is 69.1 cm³/mol. The van der Waals surface area contributed by atoms with Gasteiger partial charge in [-0.15, -0.1) is 0 Å². The summed E-state index contributed by atoms with van der Waals surface area (Å²) in [6, 6.07) is 0.524. The van der Waals surface area contributed by atoms with Gasteiger partial charge in [-0.05, 0) is 19.8 Å². The van der Waals surface area contributed by atoms with Crippen LogP contribution in [-0.4, -0.2) is 29.1 Å². The first kappa shape index (κ1) is 12.4. The molecule has 1 aliphatic carbocycles. The lowest BCUT2D eigenvalue weighted by molar-refractivity contribution is 0.0701. The molecule has 1 aromatic rings. The van der Waals surface area contributed by atoms with Crippen molar-refractivity contribution in [3.63, 3.8) is 0 Å². The van der Waals surface area contributed by atoms with Crippen LogP contribution in [0.25, 0.3) is 0 Å². The third-order valence-electron chi connectivity index (χ3n) is 3.40. The molecule has 5 heteroatoms. The molecule has 0 spiro atoms. The molecule has 0 unspecified atom stereocenters. The fraction of sp³-hybridized carbons (Fsp3) is 0.667. The van der Waals surface area contributed by atoms with Crippen molar-refractivity contribution in [2.45, 2.75) is 45.1 Å². The highest BCUT2D eigenvalue weighted by Gasteiger charge is 2.22. The van der Waals surface area contributed by atoms with Crippen LogP contribution in [0.4, 0.5) is 5.13 Å². The van der Waals surface area contributed by atoms with Gasteiger partial charge in [0.15, 0.2) is 5.13 Å². The van der Waals surface area contributed by atoms with E-state index in [9.17, 15) is 4.79 Å². The third-order valence-corrected chi connectivity index (χ3v) is 4.64. The summed E-state index contributed by atoms with van der Waals surface area (Å²) >= 11 is 1.28. The zero-order valence-electron chi connectivity index (χ0n) is 10.3. The average molecular weight is 254 g/mol. The molecule has 17 heavy (non-hydrogen) atoms. The van der Waals surface area contributed by atoms with E-state index in [1.54, 1.807) is 6.92 Å². The van der Waals surface area contributed by atoms with Gasteiger partial charge in [0.2, 0.25) is 0 Å². The smallest absolute Gasteiger partial charge is 0.347 e. The van der Waals surface area contributed by atoms with Gasteiger partial charge in [0.25, 0.3) is 0 Å². The third kappa shape index (κ3) is 2.60. The van der Waals surface area contributed by atoms with E-state index < -0.39 is 5.97 Å². The van der Waals surface area contributed by atoms with E-state index in [1.165, 1.54) is 43.4 Å².